The molecule has 2 amide bonds. The monoisotopic (exact) mass is 671 g/mol. The van der Waals surface area contributed by atoms with Crippen molar-refractivity contribution in [2.24, 2.45) is 20.5 Å². The summed E-state index contributed by atoms with van der Waals surface area (Å²) in [7, 11) is -10.3. The SMILES string of the molecule is CC(=O)Nc1cc(N=Nc2ccc3c(S(=O)(=O)O)cc(S(=O)(=O)O)c(NC(C)=O)c3c2O)ccc1N=Nc1ccc([N+](=O)[O-])cc1. The van der Waals surface area contributed by atoms with E-state index >= 15 is 0 Å². The number of carbonyl (C=O) groups is 2. The van der Waals surface area contributed by atoms with Gasteiger partial charge in [0.1, 0.15) is 21.2 Å². The van der Waals surface area contributed by atoms with Crippen LogP contribution in [-0.2, 0) is 29.8 Å². The number of phenolic OH excluding ortho intramolecular Hbond substituents is 1. The topological polar surface area (TPSA) is 280 Å². The zero-order chi connectivity index (χ0) is 34.0. The quantitative estimate of drug-likeness (QED) is 0.0623. The predicted molar refractivity (Wildman–Crippen MR) is 162 cm³/mol. The zero-order valence-corrected chi connectivity index (χ0v) is 25.1. The summed E-state index contributed by atoms with van der Waals surface area (Å²) in [5, 5.41) is 41.5. The van der Waals surface area contributed by atoms with Gasteiger partial charge in [0.2, 0.25) is 11.8 Å². The molecule has 0 aliphatic heterocycles. The van der Waals surface area contributed by atoms with E-state index in [-0.39, 0.29) is 34.1 Å². The fraction of sp³-hybridized carbons (Fsp3) is 0.0769. The average molecular weight is 672 g/mol. The van der Waals surface area contributed by atoms with Gasteiger partial charge in [-0.25, -0.2) is 0 Å². The van der Waals surface area contributed by atoms with Crippen LogP contribution in [0.2, 0.25) is 0 Å². The van der Waals surface area contributed by atoms with Crippen molar-refractivity contribution < 1.29 is 45.6 Å². The van der Waals surface area contributed by atoms with Crippen LogP contribution in [0.25, 0.3) is 10.8 Å². The van der Waals surface area contributed by atoms with Gasteiger partial charge in [0, 0.05) is 31.4 Å². The van der Waals surface area contributed by atoms with E-state index in [0.29, 0.717) is 6.07 Å². The van der Waals surface area contributed by atoms with Gasteiger partial charge in [0.25, 0.3) is 25.9 Å². The number of azo groups is 2. The molecule has 0 saturated carbocycles. The number of non-ortho nitro benzene ring substituents is 1. The van der Waals surface area contributed by atoms with Crippen LogP contribution < -0.4 is 10.6 Å². The minimum Gasteiger partial charge on any atom is -0.505 e. The Labute approximate surface area is 259 Å². The van der Waals surface area contributed by atoms with E-state index in [9.17, 15) is 50.8 Å². The molecule has 238 valence electrons. The Morgan fingerprint density at radius 1 is 0.739 bits per heavy atom. The van der Waals surface area contributed by atoms with Crippen LogP contribution in [0.1, 0.15) is 13.8 Å². The van der Waals surface area contributed by atoms with E-state index in [2.05, 4.69) is 31.1 Å². The van der Waals surface area contributed by atoms with Gasteiger partial charge < -0.3 is 15.7 Å². The summed E-state index contributed by atoms with van der Waals surface area (Å²) >= 11 is 0. The van der Waals surface area contributed by atoms with Crippen molar-refractivity contribution in [3.8, 4) is 5.75 Å². The van der Waals surface area contributed by atoms with Crippen molar-refractivity contribution in [3.63, 3.8) is 0 Å². The molecule has 0 fully saturated rings. The van der Waals surface area contributed by atoms with Gasteiger partial charge in [-0.1, -0.05) is 6.07 Å². The number of nitro groups is 1. The van der Waals surface area contributed by atoms with E-state index in [1.807, 2.05) is 0 Å². The van der Waals surface area contributed by atoms with E-state index < -0.39 is 69.0 Å². The molecule has 0 spiro atoms. The summed E-state index contributed by atoms with van der Waals surface area (Å²) in [6.07, 6.45) is 0. The Bertz CT molecular complexity index is 2200. The number of aromatic hydroxyl groups is 1. The lowest BCUT2D eigenvalue weighted by Crippen LogP contribution is -2.13. The second-order valence-electron chi connectivity index (χ2n) is 9.29. The third-order valence-corrected chi connectivity index (χ3v) is 7.71. The number of phenols is 1. The lowest BCUT2D eigenvalue weighted by molar-refractivity contribution is -0.384. The van der Waals surface area contributed by atoms with E-state index in [4.69, 9.17) is 0 Å². The molecule has 18 nitrogen and oxygen atoms in total. The maximum absolute atomic E-state index is 12.1. The molecule has 0 heterocycles. The van der Waals surface area contributed by atoms with Crippen LogP contribution in [-0.4, -0.2) is 47.8 Å². The number of fused-ring (bicyclic) bond motifs is 1. The lowest BCUT2D eigenvalue weighted by Gasteiger charge is -2.16. The molecule has 0 aliphatic rings. The second kappa shape index (κ2) is 12.7. The Morgan fingerprint density at radius 3 is 1.85 bits per heavy atom. The van der Waals surface area contributed by atoms with Crippen LogP contribution in [0, 0.1) is 10.1 Å². The number of nitrogens with zero attached hydrogens (tertiary/aromatic N) is 5. The highest BCUT2D eigenvalue weighted by molar-refractivity contribution is 7.87. The number of amides is 2. The van der Waals surface area contributed by atoms with Crippen LogP contribution in [0.3, 0.4) is 0 Å². The smallest absolute Gasteiger partial charge is 0.296 e. The summed E-state index contributed by atoms with van der Waals surface area (Å²) in [6.45, 7) is 2.21. The Balaban J connectivity index is 1.81. The molecule has 46 heavy (non-hydrogen) atoms. The van der Waals surface area contributed by atoms with Crippen molar-refractivity contribution in [1.82, 2.24) is 0 Å². The molecule has 0 unspecified atom stereocenters. The van der Waals surface area contributed by atoms with Gasteiger partial charge in [0.05, 0.1) is 33.1 Å². The number of carbonyl (C=O) groups excluding carboxylic acids is 2. The van der Waals surface area contributed by atoms with E-state index in [1.54, 1.807) is 0 Å². The Kier molecular flexibility index (Phi) is 9.19. The van der Waals surface area contributed by atoms with Crippen molar-refractivity contribution in [2.75, 3.05) is 10.6 Å². The third kappa shape index (κ3) is 7.50. The number of rotatable bonds is 9. The highest BCUT2D eigenvalue weighted by Gasteiger charge is 2.28. The molecule has 5 N–H and O–H groups in total. The first-order chi connectivity index (χ1) is 21.5. The first kappa shape index (κ1) is 33.2. The van der Waals surface area contributed by atoms with Crippen molar-refractivity contribution in [3.05, 3.63) is 70.8 Å². The van der Waals surface area contributed by atoms with Crippen LogP contribution in [0.5, 0.6) is 5.75 Å². The van der Waals surface area contributed by atoms with Crippen molar-refractivity contribution >= 4 is 82.6 Å². The van der Waals surface area contributed by atoms with Gasteiger partial charge in [-0.05, 0) is 42.5 Å². The van der Waals surface area contributed by atoms with Gasteiger partial charge in [0.15, 0.2) is 5.75 Å². The van der Waals surface area contributed by atoms with Gasteiger partial charge in [-0.15, -0.1) is 10.2 Å². The van der Waals surface area contributed by atoms with E-state index in [0.717, 1.165) is 19.1 Å². The molecule has 20 heteroatoms. The van der Waals surface area contributed by atoms with Gasteiger partial charge >= 0.3 is 0 Å². The number of hydrogen-bond acceptors (Lipinski definition) is 13. The molecule has 0 bridgehead atoms. The van der Waals surface area contributed by atoms with Crippen molar-refractivity contribution in [2.45, 2.75) is 23.6 Å². The fourth-order valence-corrected chi connectivity index (χ4v) is 5.52. The highest BCUT2D eigenvalue weighted by Crippen LogP contribution is 2.45. The number of nitro benzene ring substituents is 1. The minimum atomic E-state index is -5.22. The van der Waals surface area contributed by atoms with Crippen LogP contribution in [0.15, 0.2) is 90.9 Å². The lowest BCUT2D eigenvalue weighted by atomic mass is 10.1. The highest BCUT2D eigenvalue weighted by atomic mass is 32.2. The molecule has 0 radical (unpaired) electrons. The Hall–Kier alpha value is -5.70. The average Bonchev–Trinajstić information content (AvgIpc) is 2.94. The summed E-state index contributed by atoms with van der Waals surface area (Å²) in [5.74, 6) is -2.22. The van der Waals surface area contributed by atoms with E-state index in [1.165, 1.54) is 49.4 Å². The Morgan fingerprint density at radius 2 is 1.28 bits per heavy atom. The molecular weight excluding hydrogens is 650 g/mol. The summed E-state index contributed by atoms with van der Waals surface area (Å²) in [6, 6.07) is 11.9. The number of nitrogens with one attached hydrogen (secondary N) is 2. The van der Waals surface area contributed by atoms with Crippen molar-refractivity contribution in [1.29, 1.82) is 0 Å². The number of hydrogen-bond donors (Lipinski definition) is 5. The summed E-state index contributed by atoms with van der Waals surface area (Å²) < 4.78 is 67.8. The number of anilines is 2. The largest absolute Gasteiger partial charge is 0.505 e. The fourth-order valence-electron chi connectivity index (χ4n) is 4.06. The predicted octanol–water partition coefficient (Wildman–Crippen LogP) is 5.69. The number of benzene rings is 4. The van der Waals surface area contributed by atoms with Crippen LogP contribution in [0.4, 0.5) is 39.8 Å². The van der Waals surface area contributed by atoms with Crippen LogP contribution >= 0.6 is 0 Å². The standard InChI is InChI=1S/C26H21N7O11S2/c1-13(34)27-21-11-16(5-9-19(21)31-29-15-3-6-17(7-4-15)33(37)38)30-32-20-10-8-18-22(45(39,40)41)12-23(46(42,43)44)25(28-14(2)35)24(18)26(20)36/h3-12,36H,1-2H3,(H,27,34)(H,28,35)(H,39,40,41)(H,42,43,44). The molecule has 0 saturated heterocycles. The summed E-state index contributed by atoms with van der Waals surface area (Å²) in [5.41, 5.74) is -0.544. The van der Waals surface area contributed by atoms with Gasteiger partial charge in [-0.2, -0.15) is 27.1 Å². The molecule has 0 atom stereocenters. The molecule has 4 rings (SSSR count). The molecule has 0 aromatic heterocycles. The maximum Gasteiger partial charge on any atom is 0.296 e. The third-order valence-electron chi connectivity index (χ3n) is 5.94. The first-order valence-corrected chi connectivity index (χ1v) is 15.4. The molecular formula is C26H21N7O11S2. The first-order valence-electron chi connectivity index (χ1n) is 12.5. The molecule has 4 aromatic carbocycles. The van der Waals surface area contributed by atoms with Gasteiger partial charge in [-0.3, -0.25) is 28.8 Å². The minimum absolute atomic E-state index is 0.0879. The second-order valence-corrected chi connectivity index (χ2v) is 12.1. The molecule has 4 aromatic rings. The zero-order valence-electron chi connectivity index (χ0n) is 23.4. The normalized spacial score (nSPS) is 12.1. The molecule has 0 aliphatic carbocycles. The maximum atomic E-state index is 12.1. The summed E-state index contributed by atoms with van der Waals surface area (Å²) in [4.78, 5) is 31.8.